The number of carbonyl (C=O) groups is 2. The highest BCUT2D eigenvalue weighted by Crippen LogP contribution is 2.03. The summed E-state index contributed by atoms with van der Waals surface area (Å²) in [7, 11) is 0. The minimum Gasteiger partial charge on any atom is -0.476 e. The van der Waals surface area contributed by atoms with E-state index in [9.17, 15) is 14.0 Å². The Labute approximate surface area is 120 Å². The number of nitrogens with zero attached hydrogens (tertiary/aromatic N) is 2. The van der Waals surface area contributed by atoms with Crippen molar-refractivity contribution in [1.82, 2.24) is 14.9 Å². The molecule has 21 heavy (non-hydrogen) atoms. The van der Waals surface area contributed by atoms with Gasteiger partial charge < -0.3 is 15.0 Å². The predicted molar refractivity (Wildman–Crippen MR) is 72.3 cm³/mol. The molecule has 110 valence electrons. The van der Waals surface area contributed by atoms with Gasteiger partial charge in [-0.3, -0.25) is 4.79 Å². The number of aromatic nitrogens is 2. The summed E-state index contributed by atoms with van der Waals surface area (Å²) in [6.07, 6.45) is 2.97. The summed E-state index contributed by atoms with van der Waals surface area (Å²) in [5, 5.41) is 11.4. The Morgan fingerprint density at radius 3 is 2.62 bits per heavy atom. The van der Waals surface area contributed by atoms with Crippen LogP contribution >= 0.6 is 0 Å². The topological polar surface area (TPSA) is 84.2 Å². The van der Waals surface area contributed by atoms with Gasteiger partial charge >= 0.3 is 5.97 Å². The second-order valence-electron chi connectivity index (χ2n) is 4.46. The smallest absolute Gasteiger partial charge is 0.356 e. The van der Waals surface area contributed by atoms with Gasteiger partial charge in [0.15, 0.2) is 5.69 Å². The van der Waals surface area contributed by atoms with Crippen LogP contribution in [0.15, 0.2) is 36.8 Å². The standard InChI is InChI=1S/C14H14FN3O3/c15-11-3-1-10(2-4-11)7-13(19)16-5-6-18-8-12(14(20)21)17-9-18/h1-4,8-9H,5-7H2,(H,16,19)(H,20,21). The SMILES string of the molecule is O=C(Cc1ccc(F)cc1)NCCn1cnc(C(=O)O)c1. The zero-order valence-electron chi connectivity index (χ0n) is 11.1. The van der Waals surface area contributed by atoms with Crippen molar-refractivity contribution >= 4 is 11.9 Å². The van der Waals surface area contributed by atoms with E-state index in [1.807, 2.05) is 0 Å². The van der Waals surface area contributed by atoms with Crippen LogP contribution in [0.5, 0.6) is 0 Å². The van der Waals surface area contributed by atoms with Gasteiger partial charge in [-0.05, 0) is 17.7 Å². The number of halogens is 1. The van der Waals surface area contributed by atoms with Gasteiger partial charge in [0.1, 0.15) is 5.82 Å². The van der Waals surface area contributed by atoms with Gasteiger partial charge in [-0.2, -0.15) is 0 Å². The lowest BCUT2D eigenvalue weighted by molar-refractivity contribution is -0.120. The highest BCUT2D eigenvalue weighted by molar-refractivity contribution is 5.84. The number of rotatable bonds is 6. The number of hydrogen-bond donors (Lipinski definition) is 2. The van der Waals surface area contributed by atoms with Crippen molar-refractivity contribution in [2.45, 2.75) is 13.0 Å². The molecule has 0 saturated heterocycles. The third-order valence-electron chi connectivity index (χ3n) is 2.82. The van der Waals surface area contributed by atoms with Gasteiger partial charge in [-0.1, -0.05) is 12.1 Å². The lowest BCUT2D eigenvalue weighted by atomic mass is 10.1. The van der Waals surface area contributed by atoms with E-state index in [1.165, 1.54) is 24.7 Å². The maximum atomic E-state index is 12.7. The summed E-state index contributed by atoms with van der Waals surface area (Å²) < 4.78 is 14.3. The summed E-state index contributed by atoms with van der Waals surface area (Å²) in [6, 6.07) is 5.73. The van der Waals surface area contributed by atoms with Gasteiger partial charge in [-0.15, -0.1) is 0 Å². The van der Waals surface area contributed by atoms with E-state index in [-0.39, 0.29) is 23.8 Å². The first-order valence-corrected chi connectivity index (χ1v) is 6.31. The first kappa shape index (κ1) is 14.7. The molecule has 0 fully saturated rings. The first-order chi connectivity index (χ1) is 10.0. The molecule has 0 spiro atoms. The fourth-order valence-corrected chi connectivity index (χ4v) is 1.77. The second-order valence-corrected chi connectivity index (χ2v) is 4.46. The highest BCUT2D eigenvalue weighted by atomic mass is 19.1. The number of amides is 1. The summed E-state index contributed by atoms with van der Waals surface area (Å²) >= 11 is 0. The molecule has 0 radical (unpaired) electrons. The molecule has 2 N–H and O–H groups in total. The quantitative estimate of drug-likeness (QED) is 0.834. The summed E-state index contributed by atoms with van der Waals surface area (Å²) in [4.78, 5) is 26.0. The summed E-state index contributed by atoms with van der Waals surface area (Å²) in [5.41, 5.74) is 0.692. The molecule has 0 aliphatic carbocycles. The van der Waals surface area contributed by atoms with Crippen molar-refractivity contribution in [2.24, 2.45) is 0 Å². The molecule has 2 rings (SSSR count). The zero-order valence-corrected chi connectivity index (χ0v) is 11.1. The molecule has 1 heterocycles. The molecule has 0 unspecified atom stereocenters. The molecule has 2 aromatic rings. The Kier molecular flexibility index (Phi) is 4.65. The number of carbonyl (C=O) groups excluding carboxylic acids is 1. The molecule has 1 aromatic heterocycles. The van der Waals surface area contributed by atoms with E-state index in [0.717, 1.165) is 5.56 Å². The largest absolute Gasteiger partial charge is 0.476 e. The maximum absolute atomic E-state index is 12.7. The average molecular weight is 291 g/mol. The van der Waals surface area contributed by atoms with Crippen molar-refractivity contribution in [1.29, 1.82) is 0 Å². The van der Waals surface area contributed by atoms with Crippen LogP contribution in [-0.2, 0) is 17.8 Å². The van der Waals surface area contributed by atoms with Gasteiger partial charge in [0.2, 0.25) is 5.91 Å². The van der Waals surface area contributed by atoms with Crippen molar-refractivity contribution in [3.63, 3.8) is 0 Å². The molecule has 7 heteroatoms. The lowest BCUT2D eigenvalue weighted by Crippen LogP contribution is -2.28. The van der Waals surface area contributed by atoms with Gasteiger partial charge in [0.25, 0.3) is 0 Å². The monoisotopic (exact) mass is 291 g/mol. The zero-order chi connectivity index (χ0) is 15.2. The van der Waals surface area contributed by atoms with Crippen LogP contribution in [0, 0.1) is 5.82 Å². The molecule has 0 saturated carbocycles. The van der Waals surface area contributed by atoms with Crippen molar-refractivity contribution in [2.75, 3.05) is 6.54 Å². The highest BCUT2D eigenvalue weighted by Gasteiger charge is 2.07. The average Bonchev–Trinajstić information content (AvgIpc) is 2.90. The molecule has 0 bridgehead atoms. The number of hydrogen-bond acceptors (Lipinski definition) is 3. The van der Waals surface area contributed by atoms with Crippen LogP contribution in [-0.4, -0.2) is 33.1 Å². The van der Waals surface area contributed by atoms with Crippen molar-refractivity contribution in [3.05, 3.63) is 53.9 Å². The third-order valence-corrected chi connectivity index (χ3v) is 2.82. The minimum atomic E-state index is -1.09. The van der Waals surface area contributed by atoms with Crippen LogP contribution in [0.2, 0.25) is 0 Å². The van der Waals surface area contributed by atoms with E-state index in [2.05, 4.69) is 10.3 Å². The van der Waals surface area contributed by atoms with Crippen LogP contribution in [0.4, 0.5) is 4.39 Å². The fraction of sp³-hybridized carbons (Fsp3) is 0.214. The molecule has 0 aliphatic heterocycles. The van der Waals surface area contributed by atoms with Crippen LogP contribution < -0.4 is 5.32 Å². The van der Waals surface area contributed by atoms with E-state index in [1.54, 1.807) is 16.7 Å². The van der Waals surface area contributed by atoms with Crippen LogP contribution in [0.3, 0.4) is 0 Å². The number of carboxylic acids is 1. The number of benzene rings is 1. The van der Waals surface area contributed by atoms with Gasteiger partial charge in [0.05, 0.1) is 12.7 Å². The molecule has 0 atom stereocenters. The molecule has 1 amide bonds. The number of nitrogens with one attached hydrogen (secondary N) is 1. The fourth-order valence-electron chi connectivity index (χ4n) is 1.77. The van der Waals surface area contributed by atoms with Gasteiger partial charge in [-0.25, -0.2) is 14.2 Å². The maximum Gasteiger partial charge on any atom is 0.356 e. The molecule has 6 nitrogen and oxygen atoms in total. The summed E-state index contributed by atoms with van der Waals surface area (Å²) in [5.74, 6) is -1.61. The Hall–Kier alpha value is -2.70. The minimum absolute atomic E-state index is 0.0346. The Morgan fingerprint density at radius 1 is 1.29 bits per heavy atom. The normalized spacial score (nSPS) is 10.3. The predicted octanol–water partition coefficient (Wildman–Crippen LogP) is 1.08. The van der Waals surface area contributed by atoms with E-state index in [0.29, 0.717) is 13.1 Å². The number of carboxylic acid groups (broad SMARTS) is 1. The van der Waals surface area contributed by atoms with Crippen LogP contribution in [0.1, 0.15) is 16.1 Å². The second kappa shape index (κ2) is 6.65. The Bertz CT molecular complexity index is 637. The number of aromatic carboxylic acids is 1. The van der Waals surface area contributed by atoms with Crippen LogP contribution in [0.25, 0.3) is 0 Å². The van der Waals surface area contributed by atoms with Gasteiger partial charge in [0, 0.05) is 19.3 Å². The Balaban J connectivity index is 1.76. The third kappa shape index (κ3) is 4.41. The number of imidazole rings is 1. The summed E-state index contributed by atoms with van der Waals surface area (Å²) in [6.45, 7) is 0.783. The molecular weight excluding hydrogens is 277 g/mol. The van der Waals surface area contributed by atoms with E-state index in [4.69, 9.17) is 5.11 Å². The van der Waals surface area contributed by atoms with Crippen molar-refractivity contribution < 1.29 is 19.1 Å². The lowest BCUT2D eigenvalue weighted by Gasteiger charge is -2.06. The van der Waals surface area contributed by atoms with Crippen molar-refractivity contribution in [3.8, 4) is 0 Å². The molecule has 0 aliphatic rings. The molecular formula is C14H14FN3O3. The van der Waals surface area contributed by atoms with E-state index >= 15 is 0 Å². The molecule has 1 aromatic carbocycles. The van der Waals surface area contributed by atoms with E-state index < -0.39 is 5.97 Å². The Morgan fingerprint density at radius 2 is 2.00 bits per heavy atom. The first-order valence-electron chi connectivity index (χ1n) is 6.31.